The molecular formula is C21H18N4. The van der Waals surface area contributed by atoms with Crippen LogP contribution in [0, 0.1) is 6.92 Å². The summed E-state index contributed by atoms with van der Waals surface area (Å²) in [4.78, 5) is 13.8. The van der Waals surface area contributed by atoms with Gasteiger partial charge in [-0.1, -0.05) is 48.0 Å². The van der Waals surface area contributed by atoms with Crippen molar-refractivity contribution < 1.29 is 0 Å². The van der Waals surface area contributed by atoms with Crippen molar-refractivity contribution in [3.8, 4) is 11.3 Å². The molecule has 0 saturated heterocycles. The SMILES string of the molecule is Cc1ccc2nc(NCc3ccccn3)nc(-c3ccccc3)c2c1. The zero-order chi connectivity index (χ0) is 17.1. The highest BCUT2D eigenvalue weighted by atomic mass is 15.1. The number of hydrogen-bond acceptors (Lipinski definition) is 4. The van der Waals surface area contributed by atoms with E-state index in [-0.39, 0.29) is 0 Å². The van der Waals surface area contributed by atoms with Crippen LogP contribution >= 0.6 is 0 Å². The Hall–Kier alpha value is -3.27. The van der Waals surface area contributed by atoms with Gasteiger partial charge in [-0.3, -0.25) is 4.98 Å². The normalized spacial score (nSPS) is 10.8. The molecule has 4 rings (SSSR count). The third-order valence-corrected chi connectivity index (χ3v) is 4.05. The van der Waals surface area contributed by atoms with Gasteiger partial charge in [0.25, 0.3) is 0 Å². The van der Waals surface area contributed by atoms with Crippen molar-refractivity contribution in [2.75, 3.05) is 5.32 Å². The van der Waals surface area contributed by atoms with Gasteiger partial charge in [0, 0.05) is 17.1 Å². The molecule has 0 fully saturated rings. The molecule has 0 spiro atoms. The van der Waals surface area contributed by atoms with Crippen LogP contribution in [0.5, 0.6) is 0 Å². The minimum atomic E-state index is 0.590. The van der Waals surface area contributed by atoms with E-state index in [9.17, 15) is 0 Å². The lowest BCUT2D eigenvalue weighted by Crippen LogP contribution is -2.06. The van der Waals surface area contributed by atoms with E-state index in [0.717, 1.165) is 27.9 Å². The summed E-state index contributed by atoms with van der Waals surface area (Å²) in [7, 11) is 0. The van der Waals surface area contributed by atoms with Crippen LogP contribution < -0.4 is 5.32 Å². The molecule has 2 aromatic heterocycles. The number of aromatic nitrogens is 3. The molecule has 0 aliphatic carbocycles. The first kappa shape index (κ1) is 15.3. The molecule has 25 heavy (non-hydrogen) atoms. The predicted molar refractivity (Wildman–Crippen MR) is 101 cm³/mol. The lowest BCUT2D eigenvalue weighted by molar-refractivity contribution is 1.01. The average Bonchev–Trinajstić information content (AvgIpc) is 2.67. The number of hydrogen-bond donors (Lipinski definition) is 1. The van der Waals surface area contributed by atoms with Crippen molar-refractivity contribution in [3.63, 3.8) is 0 Å². The highest BCUT2D eigenvalue weighted by molar-refractivity contribution is 5.93. The topological polar surface area (TPSA) is 50.7 Å². The van der Waals surface area contributed by atoms with Gasteiger partial charge in [0.05, 0.1) is 23.4 Å². The summed E-state index contributed by atoms with van der Waals surface area (Å²) < 4.78 is 0. The van der Waals surface area contributed by atoms with Crippen LogP contribution in [0.2, 0.25) is 0 Å². The van der Waals surface area contributed by atoms with Crippen molar-refractivity contribution >= 4 is 16.9 Å². The minimum Gasteiger partial charge on any atom is -0.349 e. The van der Waals surface area contributed by atoms with Gasteiger partial charge < -0.3 is 5.32 Å². The first-order valence-corrected chi connectivity index (χ1v) is 8.27. The molecule has 0 radical (unpaired) electrons. The second kappa shape index (κ2) is 6.69. The van der Waals surface area contributed by atoms with Crippen molar-refractivity contribution in [2.24, 2.45) is 0 Å². The van der Waals surface area contributed by atoms with Gasteiger partial charge in [-0.2, -0.15) is 0 Å². The summed E-state index contributed by atoms with van der Waals surface area (Å²) in [5, 5.41) is 4.36. The number of nitrogens with one attached hydrogen (secondary N) is 1. The van der Waals surface area contributed by atoms with Gasteiger partial charge >= 0.3 is 0 Å². The Morgan fingerprint density at radius 2 is 1.72 bits per heavy atom. The number of pyridine rings is 1. The Bertz CT molecular complexity index is 998. The average molecular weight is 326 g/mol. The predicted octanol–water partition coefficient (Wildman–Crippen LogP) is 4.61. The summed E-state index contributed by atoms with van der Waals surface area (Å²) in [5.74, 6) is 0.612. The van der Waals surface area contributed by atoms with Crippen molar-refractivity contribution in [3.05, 3.63) is 84.2 Å². The second-order valence-electron chi connectivity index (χ2n) is 5.96. The monoisotopic (exact) mass is 326 g/mol. The maximum absolute atomic E-state index is 4.78. The number of rotatable bonds is 4. The van der Waals surface area contributed by atoms with Crippen LogP contribution in [0.1, 0.15) is 11.3 Å². The zero-order valence-corrected chi connectivity index (χ0v) is 14.0. The summed E-state index contributed by atoms with van der Waals surface area (Å²) in [6, 6.07) is 22.3. The van der Waals surface area contributed by atoms with Crippen molar-refractivity contribution in [2.45, 2.75) is 13.5 Å². The van der Waals surface area contributed by atoms with E-state index < -0.39 is 0 Å². The Balaban J connectivity index is 1.77. The molecule has 0 unspecified atom stereocenters. The van der Waals surface area contributed by atoms with Crippen LogP contribution in [0.25, 0.3) is 22.2 Å². The Morgan fingerprint density at radius 1 is 0.880 bits per heavy atom. The Kier molecular flexibility index (Phi) is 4.09. The molecule has 4 heteroatoms. The maximum Gasteiger partial charge on any atom is 0.224 e. The van der Waals surface area contributed by atoms with Crippen LogP contribution in [0.3, 0.4) is 0 Å². The largest absolute Gasteiger partial charge is 0.349 e. The molecule has 2 heterocycles. The van der Waals surface area contributed by atoms with Gasteiger partial charge in [-0.15, -0.1) is 0 Å². The fourth-order valence-electron chi connectivity index (χ4n) is 2.81. The standard InChI is InChI=1S/C21H18N4/c1-15-10-11-19-18(13-15)20(16-7-3-2-4-8-16)25-21(24-19)23-14-17-9-5-6-12-22-17/h2-13H,14H2,1H3,(H,23,24,25). The number of fused-ring (bicyclic) bond motifs is 1. The van der Waals surface area contributed by atoms with Gasteiger partial charge in [0.15, 0.2) is 0 Å². The Morgan fingerprint density at radius 3 is 2.52 bits per heavy atom. The molecule has 0 saturated carbocycles. The summed E-state index contributed by atoms with van der Waals surface area (Å²) in [6.45, 7) is 2.67. The molecule has 1 N–H and O–H groups in total. The highest BCUT2D eigenvalue weighted by Gasteiger charge is 2.10. The van der Waals surface area contributed by atoms with E-state index in [0.29, 0.717) is 12.5 Å². The minimum absolute atomic E-state index is 0.590. The summed E-state index contributed by atoms with van der Waals surface area (Å²) in [5.41, 5.74) is 5.11. The molecule has 122 valence electrons. The Labute approximate surface area is 146 Å². The summed E-state index contributed by atoms with van der Waals surface area (Å²) in [6.07, 6.45) is 1.79. The molecule has 0 aliphatic heterocycles. The lowest BCUT2D eigenvalue weighted by atomic mass is 10.0. The second-order valence-corrected chi connectivity index (χ2v) is 5.96. The molecule has 4 aromatic rings. The fourth-order valence-corrected chi connectivity index (χ4v) is 2.81. The summed E-state index contributed by atoms with van der Waals surface area (Å²) >= 11 is 0. The fraction of sp³-hybridized carbons (Fsp3) is 0.0952. The third-order valence-electron chi connectivity index (χ3n) is 4.05. The van der Waals surface area contributed by atoms with Gasteiger partial charge in [-0.05, 0) is 31.2 Å². The quantitative estimate of drug-likeness (QED) is 0.595. The number of anilines is 1. The molecule has 2 aromatic carbocycles. The van der Waals surface area contributed by atoms with E-state index in [1.165, 1.54) is 5.56 Å². The molecule has 0 bridgehead atoms. The molecule has 0 amide bonds. The van der Waals surface area contributed by atoms with Crippen molar-refractivity contribution in [1.82, 2.24) is 15.0 Å². The van der Waals surface area contributed by atoms with Gasteiger partial charge in [0.2, 0.25) is 5.95 Å². The van der Waals surface area contributed by atoms with Crippen LogP contribution in [0.15, 0.2) is 72.9 Å². The maximum atomic E-state index is 4.78. The smallest absolute Gasteiger partial charge is 0.224 e. The molecule has 4 nitrogen and oxygen atoms in total. The molecule has 0 atom stereocenters. The van der Waals surface area contributed by atoms with E-state index in [1.54, 1.807) is 6.20 Å². The number of nitrogens with zero attached hydrogens (tertiary/aromatic N) is 3. The highest BCUT2D eigenvalue weighted by Crippen LogP contribution is 2.28. The number of aryl methyl sites for hydroxylation is 1. The van der Waals surface area contributed by atoms with Gasteiger partial charge in [0.1, 0.15) is 0 Å². The lowest BCUT2D eigenvalue weighted by Gasteiger charge is -2.11. The van der Waals surface area contributed by atoms with E-state index in [1.807, 2.05) is 42.5 Å². The first-order valence-electron chi connectivity index (χ1n) is 8.27. The van der Waals surface area contributed by atoms with Crippen molar-refractivity contribution in [1.29, 1.82) is 0 Å². The van der Waals surface area contributed by atoms with Crippen LogP contribution in [-0.4, -0.2) is 15.0 Å². The van der Waals surface area contributed by atoms with Crippen LogP contribution in [-0.2, 0) is 6.54 Å². The van der Waals surface area contributed by atoms with E-state index in [2.05, 4.69) is 46.5 Å². The van der Waals surface area contributed by atoms with Crippen LogP contribution in [0.4, 0.5) is 5.95 Å². The first-order chi connectivity index (χ1) is 12.3. The third kappa shape index (κ3) is 3.33. The zero-order valence-electron chi connectivity index (χ0n) is 14.0. The van der Waals surface area contributed by atoms with E-state index >= 15 is 0 Å². The van der Waals surface area contributed by atoms with Gasteiger partial charge in [-0.25, -0.2) is 9.97 Å². The number of benzene rings is 2. The molecule has 0 aliphatic rings. The molecular weight excluding hydrogens is 308 g/mol. The van der Waals surface area contributed by atoms with E-state index in [4.69, 9.17) is 4.98 Å².